The lowest BCUT2D eigenvalue weighted by Crippen LogP contribution is -2.43. The first-order chi connectivity index (χ1) is 9.20. The third-order valence-corrected chi connectivity index (χ3v) is 4.33. The van der Waals surface area contributed by atoms with Crippen LogP contribution in [-0.4, -0.2) is 62.2 Å². The lowest BCUT2D eigenvalue weighted by molar-refractivity contribution is 0.122. The lowest BCUT2D eigenvalue weighted by Gasteiger charge is -2.37. The maximum Gasteiger partial charge on any atom is 0.188 e. The molecule has 19 heavy (non-hydrogen) atoms. The highest BCUT2D eigenvalue weighted by Crippen LogP contribution is 2.26. The van der Waals surface area contributed by atoms with Crippen molar-refractivity contribution in [2.24, 2.45) is 13.0 Å². The van der Waals surface area contributed by atoms with Gasteiger partial charge in [0.2, 0.25) is 0 Å². The van der Waals surface area contributed by atoms with Crippen molar-refractivity contribution in [1.82, 2.24) is 30.0 Å². The number of hydrogen-bond acceptors (Lipinski definition) is 5. The number of aryl methyl sites for hydroxylation is 1. The van der Waals surface area contributed by atoms with Gasteiger partial charge in [0.05, 0.1) is 13.6 Å². The van der Waals surface area contributed by atoms with E-state index >= 15 is 0 Å². The van der Waals surface area contributed by atoms with E-state index < -0.39 is 0 Å². The smallest absolute Gasteiger partial charge is 0.188 e. The van der Waals surface area contributed by atoms with Crippen molar-refractivity contribution < 1.29 is 0 Å². The first kappa shape index (κ1) is 13.0. The molecule has 0 radical (unpaired) electrons. The van der Waals surface area contributed by atoms with E-state index in [1.165, 1.54) is 37.1 Å². The van der Waals surface area contributed by atoms with Crippen molar-refractivity contribution in [3.05, 3.63) is 5.82 Å². The van der Waals surface area contributed by atoms with E-state index in [0.29, 0.717) is 0 Å². The van der Waals surface area contributed by atoms with Crippen molar-refractivity contribution in [2.75, 3.05) is 26.2 Å². The van der Waals surface area contributed by atoms with Gasteiger partial charge in [0.25, 0.3) is 0 Å². The van der Waals surface area contributed by atoms with E-state index in [9.17, 15) is 0 Å². The minimum absolute atomic E-state index is 0.722. The molecule has 1 saturated carbocycles. The number of hydrogen-bond donors (Lipinski definition) is 0. The number of nitrogens with zero attached hydrogens (tertiary/aromatic N) is 6. The Bertz CT molecular complexity index is 413. The van der Waals surface area contributed by atoms with Crippen LogP contribution in [0.3, 0.4) is 0 Å². The van der Waals surface area contributed by atoms with Crippen LogP contribution < -0.4 is 0 Å². The van der Waals surface area contributed by atoms with Gasteiger partial charge in [-0.05, 0) is 24.0 Å². The molecule has 0 spiro atoms. The molecule has 0 amide bonds. The molecule has 1 aromatic rings. The van der Waals surface area contributed by atoms with Gasteiger partial charge >= 0.3 is 0 Å². The van der Waals surface area contributed by atoms with E-state index in [-0.39, 0.29) is 0 Å². The summed E-state index contributed by atoms with van der Waals surface area (Å²) in [5, 5.41) is 12.3. The standard InChI is InChI=1S/C13H24N6/c1-11-8-18(10-13-14-16-17(2)15-13)6-7-19(9-11)12-4-3-5-12/h11-12H,3-10H2,1-2H3/t11-/m0/s1. The van der Waals surface area contributed by atoms with Crippen LogP contribution >= 0.6 is 0 Å². The van der Waals surface area contributed by atoms with Gasteiger partial charge in [0.1, 0.15) is 0 Å². The molecule has 0 N–H and O–H groups in total. The Morgan fingerprint density at radius 3 is 2.68 bits per heavy atom. The maximum atomic E-state index is 4.28. The molecule has 0 unspecified atom stereocenters. The van der Waals surface area contributed by atoms with Crippen molar-refractivity contribution in [1.29, 1.82) is 0 Å². The molecule has 0 aromatic carbocycles. The van der Waals surface area contributed by atoms with E-state index in [1.54, 1.807) is 0 Å². The average molecular weight is 264 g/mol. The summed E-state index contributed by atoms with van der Waals surface area (Å²) < 4.78 is 0. The van der Waals surface area contributed by atoms with Crippen LogP contribution in [0, 0.1) is 5.92 Å². The molecule has 106 valence electrons. The quantitative estimate of drug-likeness (QED) is 0.796. The molecule has 1 aliphatic carbocycles. The third-order valence-electron chi connectivity index (χ3n) is 4.33. The zero-order chi connectivity index (χ0) is 13.2. The van der Waals surface area contributed by atoms with Crippen molar-refractivity contribution >= 4 is 0 Å². The minimum Gasteiger partial charge on any atom is -0.299 e. The highest BCUT2D eigenvalue weighted by molar-refractivity contribution is 4.86. The lowest BCUT2D eigenvalue weighted by atomic mass is 9.91. The van der Waals surface area contributed by atoms with Gasteiger partial charge < -0.3 is 0 Å². The van der Waals surface area contributed by atoms with E-state index in [0.717, 1.165) is 37.4 Å². The summed E-state index contributed by atoms with van der Waals surface area (Å²) in [5.41, 5.74) is 0. The molecular formula is C13H24N6. The van der Waals surface area contributed by atoms with Crippen LogP contribution in [0.1, 0.15) is 32.0 Å². The van der Waals surface area contributed by atoms with Gasteiger partial charge in [-0.1, -0.05) is 13.3 Å². The van der Waals surface area contributed by atoms with Crippen LogP contribution in [0.25, 0.3) is 0 Å². The number of aromatic nitrogens is 4. The fraction of sp³-hybridized carbons (Fsp3) is 0.923. The number of rotatable bonds is 3. The summed E-state index contributed by atoms with van der Waals surface area (Å²) in [7, 11) is 1.82. The predicted molar refractivity (Wildman–Crippen MR) is 72.5 cm³/mol. The van der Waals surface area contributed by atoms with Gasteiger partial charge in [-0.15, -0.1) is 10.2 Å². The van der Waals surface area contributed by atoms with Crippen molar-refractivity contribution in [3.63, 3.8) is 0 Å². The molecule has 2 aliphatic rings. The molecule has 2 heterocycles. The topological polar surface area (TPSA) is 50.1 Å². The first-order valence-electron chi connectivity index (χ1n) is 7.40. The fourth-order valence-corrected chi connectivity index (χ4v) is 3.17. The second-order valence-electron chi connectivity index (χ2n) is 6.12. The first-order valence-corrected chi connectivity index (χ1v) is 7.40. The van der Waals surface area contributed by atoms with E-state index in [4.69, 9.17) is 0 Å². The van der Waals surface area contributed by atoms with Gasteiger partial charge in [-0.2, -0.15) is 4.80 Å². The summed E-state index contributed by atoms with van der Waals surface area (Å²) in [5.74, 6) is 1.56. The van der Waals surface area contributed by atoms with Gasteiger partial charge in [-0.3, -0.25) is 9.80 Å². The second kappa shape index (κ2) is 5.54. The second-order valence-corrected chi connectivity index (χ2v) is 6.12. The van der Waals surface area contributed by atoms with Gasteiger partial charge in [-0.25, -0.2) is 0 Å². The largest absolute Gasteiger partial charge is 0.299 e. The average Bonchev–Trinajstić information content (AvgIpc) is 2.59. The van der Waals surface area contributed by atoms with Crippen LogP contribution in [-0.2, 0) is 13.6 Å². The normalized spacial score (nSPS) is 27.2. The summed E-state index contributed by atoms with van der Waals surface area (Å²) in [6.07, 6.45) is 4.22. The van der Waals surface area contributed by atoms with Gasteiger partial charge in [0, 0.05) is 32.2 Å². The van der Waals surface area contributed by atoms with Crippen LogP contribution in [0.15, 0.2) is 0 Å². The Hall–Kier alpha value is -1.01. The monoisotopic (exact) mass is 264 g/mol. The molecule has 6 nitrogen and oxygen atoms in total. The zero-order valence-electron chi connectivity index (χ0n) is 12.0. The maximum absolute atomic E-state index is 4.28. The SMILES string of the molecule is C[C@H]1CN(Cc2nnn(C)n2)CCN(C2CCC2)C1. The minimum atomic E-state index is 0.722. The van der Waals surface area contributed by atoms with Crippen LogP contribution in [0.4, 0.5) is 0 Å². The molecule has 6 heteroatoms. The molecule has 1 saturated heterocycles. The Kier molecular flexibility index (Phi) is 3.79. The Labute approximate surface area is 114 Å². The van der Waals surface area contributed by atoms with Crippen molar-refractivity contribution in [3.8, 4) is 0 Å². The Morgan fingerprint density at radius 1 is 1.21 bits per heavy atom. The third kappa shape index (κ3) is 3.12. The molecular weight excluding hydrogens is 240 g/mol. The molecule has 1 atom stereocenters. The van der Waals surface area contributed by atoms with Gasteiger partial charge in [0.15, 0.2) is 5.82 Å². The Balaban J connectivity index is 1.57. The molecule has 1 aromatic heterocycles. The molecule has 3 rings (SSSR count). The number of tetrazole rings is 1. The summed E-state index contributed by atoms with van der Waals surface area (Å²) in [4.78, 5) is 6.70. The predicted octanol–water partition coefficient (Wildman–Crippen LogP) is 0.516. The molecule has 2 fully saturated rings. The highest BCUT2D eigenvalue weighted by atomic mass is 15.6. The Morgan fingerprint density at radius 2 is 2.05 bits per heavy atom. The fourth-order valence-electron chi connectivity index (χ4n) is 3.17. The van der Waals surface area contributed by atoms with Crippen molar-refractivity contribution in [2.45, 2.75) is 38.8 Å². The van der Waals surface area contributed by atoms with E-state index in [1.807, 2.05) is 7.05 Å². The molecule has 0 bridgehead atoms. The van der Waals surface area contributed by atoms with Crippen LogP contribution in [0.2, 0.25) is 0 Å². The summed E-state index contributed by atoms with van der Waals surface area (Å²) >= 11 is 0. The zero-order valence-corrected chi connectivity index (χ0v) is 12.0. The highest BCUT2D eigenvalue weighted by Gasteiger charge is 2.29. The summed E-state index contributed by atoms with van der Waals surface area (Å²) in [6.45, 7) is 7.88. The summed E-state index contributed by atoms with van der Waals surface area (Å²) in [6, 6.07) is 0.858. The van der Waals surface area contributed by atoms with Crippen LogP contribution in [0.5, 0.6) is 0 Å². The molecule has 1 aliphatic heterocycles. The van der Waals surface area contributed by atoms with E-state index in [2.05, 4.69) is 32.1 Å².